The van der Waals surface area contributed by atoms with Crippen LogP contribution in [-0.2, 0) is 4.74 Å². The fourth-order valence-electron chi connectivity index (χ4n) is 0.852. The topological polar surface area (TPSA) is 85.1 Å². The van der Waals surface area contributed by atoms with E-state index in [-0.39, 0.29) is 6.10 Å². The molecule has 0 aliphatic carbocycles. The van der Waals surface area contributed by atoms with Crippen LogP contribution in [0.3, 0.4) is 0 Å². The highest BCUT2D eigenvalue weighted by Gasteiger charge is 2.00. The van der Waals surface area contributed by atoms with Crippen LogP contribution in [0.25, 0.3) is 0 Å². The third-order valence-electron chi connectivity index (χ3n) is 1.76. The van der Waals surface area contributed by atoms with Crippen LogP contribution in [0.1, 0.15) is 6.92 Å². The zero-order valence-corrected chi connectivity index (χ0v) is 8.32. The number of hydrogen-bond donors (Lipinski definition) is 3. The summed E-state index contributed by atoms with van der Waals surface area (Å²) in [5.41, 5.74) is 2.42. The van der Waals surface area contributed by atoms with Crippen LogP contribution in [-0.4, -0.2) is 29.7 Å². The number of hydrazine groups is 1. The Kier molecular flexibility index (Phi) is 4.09. The molecule has 14 heavy (non-hydrogen) atoms. The SMILES string of the molecule is COC(C)CNc1cncc(NN)n1. The minimum absolute atomic E-state index is 0.131. The smallest absolute Gasteiger partial charge is 0.160 e. The van der Waals surface area contributed by atoms with Gasteiger partial charge in [0, 0.05) is 13.7 Å². The normalized spacial score (nSPS) is 12.2. The maximum atomic E-state index is 5.20. The number of nitrogens with two attached hydrogens (primary N) is 1. The second-order valence-electron chi connectivity index (χ2n) is 2.86. The van der Waals surface area contributed by atoms with Crippen molar-refractivity contribution >= 4 is 11.6 Å². The Balaban J connectivity index is 2.50. The summed E-state index contributed by atoms with van der Waals surface area (Å²) in [6.07, 6.45) is 3.31. The van der Waals surface area contributed by atoms with Crippen molar-refractivity contribution in [3.8, 4) is 0 Å². The van der Waals surface area contributed by atoms with Gasteiger partial charge in [-0.15, -0.1) is 0 Å². The number of methoxy groups -OCH3 is 1. The van der Waals surface area contributed by atoms with Crippen LogP contribution in [0.2, 0.25) is 0 Å². The summed E-state index contributed by atoms with van der Waals surface area (Å²) in [6.45, 7) is 2.64. The maximum Gasteiger partial charge on any atom is 0.160 e. The molecule has 0 aliphatic heterocycles. The number of rotatable bonds is 5. The Morgan fingerprint density at radius 2 is 2.21 bits per heavy atom. The van der Waals surface area contributed by atoms with Gasteiger partial charge in [0.1, 0.15) is 5.82 Å². The molecule has 1 atom stereocenters. The summed E-state index contributed by atoms with van der Waals surface area (Å²) < 4.78 is 5.08. The van der Waals surface area contributed by atoms with Crippen LogP contribution in [0.5, 0.6) is 0 Å². The fourth-order valence-corrected chi connectivity index (χ4v) is 0.852. The molecule has 0 saturated carbocycles. The molecule has 0 bridgehead atoms. The molecule has 0 fully saturated rings. The minimum Gasteiger partial charge on any atom is -0.380 e. The van der Waals surface area contributed by atoms with Gasteiger partial charge in [0.2, 0.25) is 0 Å². The van der Waals surface area contributed by atoms with E-state index in [1.165, 1.54) is 0 Å². The highest BCUT2D eigenvalue weighted by molar-refractivity contribution is 5.40. The van der Waals surface area contributed by atoms with Crippen molar-refractivity contribution < 1.29 is 4.74 Å². The monoisotopic (exact) mass is 197 g/mol. The first-order valence-corrected chi connectivity index (χ1v) is 4.31. The van der Waals surface area contributed by atoms with Crippen LogP contribution in [0.4, 0.5) is 11.6 Å². The lowest BCUT2D eigenvalue weighted by Crippen LogP contribution is -2.19. The van der Waals surface area contributed by atoms with Crippen LogP contribution in [0, 0.1) is 0 Å². The number of nitrogen functional groups attached to an aromatic ring is 1. The molecule has 1 aromatic heterocycles. The standard InChI is InChI=1S/C8H15N5O/c1-6(14-2)3-11-7-4-10-5-8(12-7)13-9/h4-6H,3,9H2,1-2H3,(H2,11,12,13). The quantitative estimate of drug-likeness (QED) is 0.462. The zero-order valence-electron chi connectivity index (χ0n) is 8.32. The first kappa shape index (κ1) is 10.7. The predicted molar refractivity (Wildman–Crippen MR) is 54.8 cm³/mol. The molecule has 0 radical (unpaired) electrons. The molecule has 1 rings (SSSR count). The lowest BCUT2D eigenvalue weighted by atomic mass is 10.4. The molecule has 1 aromatic rings. The van der Waals surface area contributed by atoms with Crippen molar-refractivity contribution in [2.45, 2.75) is 13.0 Å². The zero-order chi connectivity index (χ0) is 10.4. The lowest BCUT2D eigenvalue weighted by Gasteiger charge is -2.11. The van der Waals surface area contributed by atoms with Gasteiger partial charge in [-0.2, -0.15) is 0 Å². The maximum absolute atomic E-state index is 5.20. The Morgan fingerprint density at radius 1 is 1.50 bits per heavy atom. The first-order valence-electron chi connectivity index (χ1n) is 4.31. The number of anilines is 2. The molecule has 0 spiro atoms. The van der Waals surface area contributed by atoms with E-state index >= 15 is 0 Å². The van der Waals surface area contributed by atoms with Crippen LogP contribution < -0.4 is 16.6 Å². The van der Waals surface area contributed by atoms with Gasteiger partial charge in [-0.05, 0) is 6.92 Å². The van der Waals surface area contributed by atoms with Crippen molar-refractivity contribution in [2.24, 2.45) is 5.84 Å². The Hall–Kier alpha value is -1.40. The number of aromatic nitrogens is 2. The van der Waals surface area contributed by atoms with E-state index in [4.69, 9.17) is 10.6 Å². The molecule has 78 valence electrons. The second-order valence-corrected chi connectivity index (χ2v) is 2.86. The first-order chi connectivity index (χ1) is 6.76. The van der Waals surface area contributed by atoms with Crippen molar-refractivity contribution in [1.29, 1.82) is 0 Å². The molecule has 1 heterocycles. The lowest BCUT2D eigenvalue weighted by molar-refractivity contribution is 0.128. The molecule has 0 aromatic carbocycles. The van der Waals surface area contributed by atoms with Gasteiger partial charge in [0.15, 0.2) is 5.82 Å². The van der Waals surface area contributed by atoms with Gasteiger partial charge in [0.25, 0.3) is 0 Å². The second kappa shape index (κ2) is 5.36. The van der Waals surface area contributed by atoms with E-state index in [0.717, 1.165) is 0 Å². The minimum atomic E-state index is 0.131. The molecular formula is C8H15N5O. The van der Waals surface area contributed by atoms with Gasteiger partial charge in [-0.1, -0.05) is 0 Å². The van der Waals surface area contributed by atoms with Crippen molar-refractivity contribution in [3.63, 3.8) is 0 Å². The van der Waals surface area contributed by atoms with Gasteiger partial charge in [0.05, 0.1) is 18.5 Å². The highest BCUT2D eigenvalue weighted by atomic mass is 16.5. The largest absolute Gasteiger partial charge is 0.380 e. The summed E-state index contributed by atoms with van der Waals surface area (Å²) in [6, 6.07) is 0. The number of nitrogens with one attached hydrogen (secondary N) is 2. The Bertz CT molecular complexity index is 280. The number of hydrogen-bond acceptors (Lipinski definition) is 6. The highest BCUT2D eigenvalue weighted by Crippen LogP contribution is 2.05. The fraction of sp³-hybridized carbons (Fsp3) is 0.500. The average molecular weight is 197 g/mol. The third kappa shape index (κ3) is 3.15. The van der Waals surface area contributed by atoms with Gasteiger partial charge in [-0.25, -0.2) is 10.8 Å². The summed E-state index contributed by atoms with van der Waals surface area (Å²) >= 11 is 0. The Labute approximate surface area is 82.9 Å². The molecule has 4 N–H and O–H groups in total. The molecule has 0 amide bonds. The summed E-state index contributed by atoms with van der Waals surface area (Å²) in [5, 5.41) is 3.08. The Morgan fingerprint density at radius 3 is 2.86 bits per heavy atom. The summed E-state index contributed by atoms with van der Waals surface area (Å²) in [5.74, 6) is 6.39. The molecule has 0 aliphatic rings. The third-order valence-corrected chi connectivity index (χ3v) is 1.76. The molecule has 6 heteroatoms. The van der Waals surface area contributed by atoms with Crippen LogP contribution in [0.15, 0.2) is 12.4 Å². The van der Waals surface area contributed by atoms with Crippen molar-refractivity contribution in [3.05, 3.63) is 12.4 Å². The van der Waals surface area contributed by atoms with Gasteiger partial charge >= 0.3 is 0 Å². The van der Waals surface area contributed by atoms with E-state index in [2.05, 4.69) is 20.7 Å². The van der Waals surface area contributed by atoms with Crippen LogP contribution >= 0.6 is 0 Å². The van der Waals surface area contributed by atoms with E-state index in [1.807, 2.05) is 6.92 Å². The molecule has 1 unspecified atom stereocenters. The number of ether oxygens (including phenoxy) is 1. The molecule has 6 nitrogen and oxygen atoms in total. The molecule has 0 saturated heterocycles. The molecular weight excluding hydrogens is 182 g/mol. The average Bonchev–Trinajstić information content (AvgIpc) is 2.26. The van der Waals surface area contributed by atoms with E-state index in [9.17, 15) is 0 Å². The number of nitrogens with zero attached hydrogens (tertiary/aromatic N) is 2. The van der Waals surface area contributed by atoms with Gasteiger partial charge < -0.3 is 15.5 Å². The summed E-state index contributed by atoms with van der Waals surface area (Å²) in [4.78, 5) is 8.08. The predicted octanol–water partition coefficient (Wildman–Crippen LogP) is 0.209. The van der Waals surface area contributed by atoms with E-state index < -0.39 is 0 Å². The van der Waals surface area contributed by atoms with E-state index in [0.29, 0.717) is 18.2 Å². The van der Waals surface area contributed by atoms with Gasteiger partial charge in [-0.3, -0.25) is 4.98 Å². The van der Waals surface area contributed by atoms with Crippen molar-refractivity contribution in [2.75, 3.05) is 24.4 Å². The summed E-state index contributed by atoms with van der Waals surface area (Å²) in [7, 11) is 1.66. The van der Waals surface area contributed by atoms with E-state index in [1.54, 1.807) is 19.5 Å². The van der Waals surface area contributed by atoms with Crippen molar-refractivity contribution in [1.82, 2.24) is 9.97 Å².